The number of aryl methyl sites for hydroxylation is 1. The summed E-state index contributed by atoms with van der Waals surface area (Å²) >= 11 is 0. The average molecular weight is 241 g/mol. The number of furan rings is 1. The van der Waals surface area contributed by atoms with Crippen LogP contribution in [-0.2, 0) is 0 Å². The molecule has 0 aliphatic carbocycles. The molecule has 0 atom stereocenters. The summed E-state index contributed by atoms with van der Waals surface area (Å²) in [6.07, 6.45) is 3.39. The molecule has 0 radical (unpaired) electrons. The summed E-state index contributed by atoms with van der Waals surface area (Å²) in [4.78, 5) is 3.98. The molecule has 3 aromatic rings. The fourth-order valence-corrected chi connectivity index (χ4v) is 1.83. The van der Waals surface area contributed by atoms with Crippen molar-refractivity contribution in [1.82, 2.24) is 10.1 Å². The fraction of sp³-hybridized carbons (Fsp3) is 0.0769. The lowest BCUT2D eigenvalue weighted by atomic mass is 10.1. The van der Waals surface area contributed by atoms with Gasteiger partial charge in [0, 0.05) is 12.4 Å². The van der Waals surface area contributed by atoms with Crippen molar-refractivity contribution in [2.75, 3.05) is 5.73 Å². The average Bonchev–Trinajstić information content (AvgIpc) is 2.96. The van der Waals surface area contributed by atoms with Crippen LogP contribution in [-0.4, -0.2) is 10.1 Å². The van der Waals surface area contributed by atoms with Gasteiger partial charge in [0.2, 0.25) is 5.88 Å². The summed E-state index contributed by atoms with van der Waals surface area (Å²) in [5, 5.41) is 3.96. The molecule has 0 unspecified atom stereocenters. The van der Waals surface area contributed by atoms with Gasteiger partial charge in [-0.15, -0.1) is 0 Å². The maximum absolute atomic E-state index is 5.83. The standard InChI is InChI=1S/C13H11N3O2/c1-8-2-3-10(17-8)12-11(13(14)18-16-12)9-4-6-15-7-5-9/h2-7H,14H2,1H3. The summed E-state index contributed by atoms with van der Waals surface area (Å²) < 4.78 is 10.6. The van der Waals surface area contributed by atoms with Crippen LogP contribution in [0.2, 0.25) is 0 Å². The zero-order valence-electron chi connectivity index (χ0n) is 9.75. The summed E-state index contributed by atoms with van der Waals surface area (Å²) in [5.41, 5.74) is 8.05. The quantitative estimate of drug-likeness (QED) is 0.746. The Kier molecular flexibility index (Phi) is 2.37. The first-order valence-corrected chi connectivity index (χ1v) is 5.48. The van der Waals surface area contributed by atoms with E-state index in [1.54, 1.807) is 12.4 Å². The first kappa shape index (κ1) is 10.6. The maximum Gasteiger partial charge on any atom is 0.230 e. The van der Waals surface area contributed by atoms with Crippen LogP contribution < -0.4 is 5.73 Å². The molecule has 5 heteroatoms. The third kappa shape index (κ3) is 1.66. The molecule has 0 aliphatic rings. The minimum absolute atomic E-state index is 0.269. The van der Waals surface area contributed by atoms with Crippen molar-refractivity contribution in [2.24, 2.45) is 0 Å². The van der Waals surface area contributed by atoms with E-state index < -0.39 is 0 Å². The predicted octanol–water partition coefficient (Wildman–Crippen LogP) is 2.89. The number of nitrogen functional groups attached to an aromatic ring is 1. The lowest BCUT2D eigenvalue weighted by Crippen LogP contribution is -1.87. The van der Waals surface area contributed by atoms with Crippen LogP contribution in [0.15, 0.2) is 45.6 Å². The molecule has 0 spiro atoms. The molecule has 3 heterocycles. The van der Waals surface area contributed by atoms with Gasteiger partial charge in [-0.25, -0.2) is 0 Å². The van der Waals surface area contributed by atoms with Crippen molar-refractivity contribution in [3.8, 4) is 22.6 Å². The highest BCUT2D eigenvalue weighted by Crippen LogP contribution is 2.36. The van der Waals surface area contributed by atoms with E-state index in [-0.39, 0.29) is 5.88 Å². The number of pyridine rings is 1. The van der Waals surface area contributed by atoms with Gasteiger partial charge in [-0.3, -0.25) is 4.98 Å². The van der Waals surface area contributed by atoms with Gasteiger partial charge in [0.15, 0.2) is 11.5 Å². The van der Waals surface area contributed by atoms with E-state index in [4.69, 9.17) is 14.7 Å². The zero-order chi connectivity index (χ0) is 12.5. The molecule has 0 aromatic carbocycles. The molecule has 3 rings (SSSR count). The molecule has 0 aliphatic heterocycles. The lowest BCUT2D eigenvalue weighted by molar-refractivity contribution is 0.435. The third-order valence-electron chi connectivity index (χ3n) is 2.66. The topological polar surface area (TPSA) is 78.1 Å². The van der Waals surface area contributed by atoms with Crippen molar-refractivity contribution in [1.29, 1.82) is 0 Å². The van der Waals surface area contributed by atoms with Crippen LogP contribution in [0.4, 0.5) is 5.88 Å². The van der Waals surface area contributed by atoms with Crippen molar-refractivity contribution in [3.05, 3.63) is 42.4 Å². The van der Waals surface area contributed by atoms with Crippen LogP contribution in [0.25, 0.3) is 22.6 Å². The summed E-state index contributed by atoms with van der Waals surface area (Å²) in [6, 6.07) is 7.41. The molecule has 0 saturated heterocycles. The van der Waals surface area contributed by atoms with Crippen LogP contribution in [0.3, 0.4) is 0 Å². The number of hydrogen-bond donors (Lipinski definition) is 1. The first-order chi connectivity index (χ1) is 8.75. The Hall–Kier alpha value is -2.56. The van der Waals surface area contributed by atoms with E-state index in [2.05, 4.69) is 10.1 Å². The van der Waals surface area contributed by atoms with Crippen LogP contribution >= 0.6 is 0 Å². The second-order valence-corrected chi connectivity index (χ2v) is 3.92. The van der Waals surface area contributed by atoms with Gasteiger partial charge in [0.25, 0.3) is 0 Å². The third-order valence-corrected chi connectivity index (χ3v) is 2.66. The largest absolute Gasteiger partial charge is 0.460 e. The summed E-state index contributed by atoms with van der Waals surface area (Å²) in [5.74, 6) is 1.72. The molecular weight excluding hydrogens is 230 g/mol. The first-order valence-electron chi connectivity index (χ1n) is 5.48. The molecule has 0 amide bonds. The lowest BCUT2D eigenvalue weighted by Gasteiger charge is -1.99. The highest BCUT2D eigenvalue weighted by atomic mass is 16.5. The predicted molar refractivity (Wildman–Crippen MR) is 66.6 cm³/mol. The Bertz CT molecular complexity index is 671. The molecule has 5 nitrogen and oxygen atoms in total. The van der Waals surface area contributed by atoms with Gasteiger partial charge in [0.05, 0.1) is 5.56 Å². The highest BCUT2D eigenvalue weighted by Gasteiger charge is 2.19. The van der Waals surface area contributed by atoms with Crippen LogP contribution in [0.5, 0.6) is 0 Å². The van der Waals surface area contributed by atoms with E-state index in [9.17, 15) is 0 Å². The highest BCUT2D eigenvalue weighted by molar-refractivity contribution is 5.85. The van der Waals surface area contributed by atoms with Gasteiger partial charge in [-0.2, -0.15) is 0 Å². The second-order valence-electron chi connectivity index (χ2n) is 3.92. The number of nitrogens with two attached hydrogens (primary N) is 1. The minimum Gasteiger partial charge on any atom is -0.460 e. The molecule has 0 fully saturated rings. The van der Waals surface area contributed by atoms with Gasteiger partial charge < -0.3 is 14.7 Å². The van der Waals surface area contributed by atoms with E-state index in [1.807, 2.05) is 31.2 Å². The number of anilines is 1. The van der Waals surface area contributed by atoms with E-state index in [0.717, 1.165) is 16.9 Å². The van der Waals surface area contributed by atoms with Crippen LogP contribution in [0, 0.1) is 6.92 Å². The van der Waals surface area contributed by atoms with Gasteiger partial charge in [0.1, 0.15) is 5.76 Å². The minimum atomic E-state index is 0.269. The van der Waals surface area contributed by atoms with Crippen molar-refractivity contribution >= 4 is 5.88 Å². The van der Waals surface area contributed by atoms with Gasteiger partial charge in [-0.1, -0.05) is 5.16 Å². The van der Waals surface area contributed by atoms with Crippen molar-refractivity contribution in [3.63, 3.8) is 0 Å². The Labute approximate surface area is 103 Å². The molecule has 0 bridgehead atoms. The molecule has 2 N–H and O–H groups in total. The Morgan fingerprint density at radius 2 is 1.89 bits per heavy atom. The molecule has 18 heavy (non-hydrogen) atoms. The normalized spacial score (nSPS) is 10.7. The van der Waals surface area contributed by atoms with Crippen molar-refractivity contribution < 1.29 is 8.94 Å². The van der Waals surface area contributed by atoms with Crippen LogP contribution in [0.1, 0.15) is 5.76 Å². The second kappa shape index (κ2) is 4.03. The van der Waals surface area contributed by atoms with Gasteiger partial charge in [-0.05, 0) is 36.8 Å². The zero-order valence-corrected chi connectivity index (χ0v) is 9.75. The van der Waals surface area contributed by atoms with E-state index in [1.165, 1.54) is 0 Å². The van der Waals surface area contributed by atoms with Crippen molar-refractivity contribution in [2.45, 2.75) is 6.92 Å². The number of aromatic nitrogens is 2. The summed E-state index contributed by atoms with van der Waals surface area (Å²) in [7, 11) is 0. The van der Waals surface area contributed by atoms with E-state index in [0.29, 0.717) is 11.5 Å². The number of nitrogens with zero attached hydrogens (tertiary/aromatic N) is 2. The van der Waals surface area contributed by atoms with E-state index >= 15 is 0 Å². The van der Waals surface area contributed by atoms with Gasteiger partial charge >= 0.3 is 0 Å². The Balaban J connectivity index is 2.18. The monoisotopic (exact) mass is 241 g/mol. The molecular formula is C13H11N3O2. The fourth-order valence-electron chi connectivity index (χ4n) is 1.83. The number of rotatable bonds is 2. The molecule has 90 valence electrons. The molecule has 3 aromatic heterocycles. The number of hydrogen-bond acceptors (Lipinski definition) is 5. The Morgan fingerprint density at radius 1 is 1.11 bits per heavy atom. The smallest absolute Gasteiger partial charge is 0.230 e. The SMILES string of the molecule is Cc1ccc(-c2noc(N)c2-c2ccncc2)o1. The summed E-state index contributed by atoms with van der Waals surface area (Å²) in [6.45, 7) is 1.87. The molecule has 0 saturated carbocycles. The Morgan fingerprint density at radius 3 is 2.56 bits per heavy atom. The maximum atomic E-state index is 5.83.